The SMILES string of the molecule is CSc1ccc(CC(=O)Nc2ncccn2)cc1. The quantitative estimate of drug-likeness (QED) is 0.856. The third-order valence-electron chi connectivity index (χ3n) is 2.34. The number of carbonyl (C=O) groups excluding carboxylic acids is 1. The van der Waals surface area contributed by atoms with Crippen LogP contribution < -0.4 is 5.32 Å². The van der Waals surface area contributed by atoms with Crippen molar-refractivity contribution in [2.24, 2.45) is 0 Å². The number of rotatable bonds is 4. The first-order chi connectivity index (χ1) is 8.78. The highest BCUT2D eigenvalue weighted by molar-refractivity contribution is 7.98. The summed E-state index contributed by atoms with van der Waals surface area (Å²) in [5.41, 5.74) is 0.973. The van der Waals surface area contributed by atoms with Crippen LogP contribution in [0, 0.1) is 0 Å². The first-order valence-electron chi connectivity index (χ1n) is 5.48. The van der Waals surface area contributed by atoms with E-state index in [9.17, 15) is 4.79 Å². The Bertz CT molecular complexity index is 514. The van der Waals surface area contributed by atoms with Crippen molar-refractivity contribution in [2.75, 3.05) is 11.6 Å². The van der Waals surface area contributed by atoms with Gasteiger partial charge in [0.05, 0.1) is 6.42 Å². The molecule has 0 saturated heterocycles. The minimum Gasteiger partial charge on any atom is -0.294 e. The first kappa shape index (κ1) is 12.6. The number of amides is 1. The second-order valence-electron chi connectivity index (χ2n) is 3.65. The van der Waals surface area contributed by atoms with Crippen LogP contribution in [0.4, 0.5) is 5.95 Å². The van der Waals surface area contributed by atoms with Gasteiger partial charge in [-0.2, -0.15) is 0 Å². The van der Waals surface area contributed by atoms with Gasteiger partial charge in [-0.05, 0) is 30.0 Å². The van der Waals surface area contributed by atoms with Crippen LogP contribution in [0.2, 0.25) is 0 Å². The fourth-order valence-electron chi connectivity index (χ4n) is 1.46. The second kappa shape index (κ2) is 6.16. The fourth-order valence-corrected chi connectivity index (χ4v) is 1.87. The number of hydrogen-bond acceptors (Lipinski definition) is 4. The molecule has 0 unspecified atom stereocenters. The summed E-state index contributed by atoms with van der Waals surface area (Å²) in [5, 5.41) is 2.65. The maximum Gasteiger partial charge on any atom is 0.231 e. The molecule has 1 N–H and O–H groups in total. The minimum absolute atomic E-state index is 0.113. The molecule has 2 aromatic rings. The molecule has 1 heterocycles. The van der Waals surface area contributed by atoms with E-state index in [1.54, 1.807) is 30.2 Å². The molecule has 0 aliphatic rings. The van der Waals surface area contributed by atoms with Crippen LogP contribution in [0.5, 0.6) is 0 Å². The normalized spacial score (nSPS) is 10.1. The average Bonchev–Trinajstić information content (AvgIpc) is 2.40. The Balaban J connectivity index is 1.94. The Morgan fingerprint density at radius 3 is 2.50 bits per heavy atom. The lowest BCUT2D eigenvalue weighted by Crippen LogP contribution is -2.16. The Kier molecular flexibility index (Phi) is 4.30. The summed E-state index contributed by atoms with van der Waals surface area (Å²) < 4.78 is 0. The number of hydrogen-bond donors (Lipinski definition) is 1. The molecule has 1 amide bonds. The highest BCUT2D eigenvalue weighted by Crippen LogP contribution is 2.15. The van der Waals surface area contributed by atoms with E-state index < -0.39 is 0 Å². The van der Waals surface area contributed by atoms with E-state index in [2.05, 4.69) is 15.3 Å². The molecule has 0 fully saturated rings. The number of anilines is 1. The lowest BCUT2D eigenvalue weighted by atomic mass is 10.1. The van der Waals surface area contributed by atoms with Crippen molar-refractivity contribution < 1.29 is 4.79 Å². The van der Waals surface area contributed by atoms with Crippen molar-refractivity contribution in [3.63, 3.8) is 0 Å². The monoisotopic (exact) mass is 259 g/mol. The molecular formula is C13H13N3OS. The summed E-state index contributed by atoms with van der Waals surface area (Å²) in [4.78, 5) is 20.8. The number of thioether (sulfide) groups is 1. The van der Waals surface area contributed by atoms with E-state index in [0.717, 1.165) is 5.56 Å². The third-order valence-corrected chi connectivity index (χ3v) is 3.08. The molecule has 92 valence electrons. The molecule has 0 aliphatic heterocycles. The number of nitrogens with one attached hydrogen (secondary N) is 1. The van der Waals surface area contributed by atoms with Crippen molar-refractivity contribution in [1.29, 1.82) is 0 Å². The number of nitrogens with zero attached hydrogens (tertiary/aromatic N) is 2. The summed E-state index contributed by atoms with van der Waals surface area (Å²) >= 11 is 1.68. The lowest BCUT2D eigenvalue weighted by molar-refractivity contribution is -0.115. The standard InChI is InChI=1S/C13H13N3OS/c1-18-11-5-3-10(4-6-11)9-12(17)16-13-14-7-2-8-15-13/h2-8H,9H2,1H3,(H,14,15,16,17). The van der Waals surface area contributed by atoms with Gasteiger partial charge in [0.15, 0.2) is 0 Å². The van der Waals surface area contributed by atoms with Gasteiger partial charge in [0.1, 0.15) is 0 Å². The van der Waals surface area contributed by atoms with Gasteiger partial charge in [-0.15, -0.1) is 11.8 Å². The molecule has 0 saturated carbocycles. The summed E-state index contributed by atoms with van der Waals surface area (Å²) in [5.74, 6) is 0.223. The van der Waals surface area contributed by atoms with E-state index in [-0.39, 0.29) is 5.91 Å². The summed E-state index contributed by atoms with van der Waals surface area (Å²) in [6, 6.07) is 9.63. The predicted octanol–water partition coefficient (Wildman–Crippen LogP) is 2.38. The molecule has 4 nitrogen and oxygen atoms in total. The van der Waals surface area contributed by atoms with Gasteiger partial charge < -0.3 is 0 Å². The van der Waals surface area contributed by atoms with Crippen LogP contribution in [0.15, 0.2) is 47.6 Å². The van der Waals surface area contributed by atoms with Crippen LogP contribution in [-0.4, -0.2) is 22.1 Å². The Labute approximate surface area is 110 Å². The molecule has 1 aromatic heterocycles. The summed E-state index contributed by atoms with van der Waals surface area (Å²) in [6.07, 6.45) is 5.53. The van der Waals surface area contributed by atoms with Crippen molar-refractivity contribution in [3.8, 4) is 0 Å². The number of aromatic nitrogens is 2. The molecule has 5 heteroatoms. The highest BCUT2D eigenvalue weighted by Gasteiger charge is 2.05. The molecule has 0 radical (unpaired) electrons. The maximum absolute atomic E-state index is 11.7. The molecule has 18 heavy (non-hydrogen) atoms. The molecule has 1 aromatic carbocycles. The largest absolute Gasteiger partial charge is 0.294 e. The Hall–Kier alpha value is -1.88. The number of benzene rings is 1. The zero-order valence-corrected chi connectivity index (χ0v) is 10.8. The smallest absolute Gasteiger partial charge is 0.231 e. The molecule has 0 bridgehead atoms. The fraction of sp³-hybridized carbons (Fsp3) is 0.154. The summed E-state index contributed by atoms with van der Waals surface area (Å²) in [7, 11) is 0. The first-order valence-corrected chi connectivity index (χ1v) is 6.70. The predicted molar refractivity (Wildman–Crippen MR) is 72.6 cm³/mol. The van der Waals surface area contributed by atoms with Gasteiger partial charge in [-0.3, -0.25) is 10.1 Å². The molecule has 0 atom stereocenters. The van der Waals surface area contributed by atoms with Gasteiger partial charge in [0, 0.05) is 17.3 Å². The van der Waals surface area contributed by atoms with Crippen LogP contribution in [0.3, 0.4) is 0 Å². The Morgan fingerprint density at radius 1 is 1.22 bits per heavy atom. The van der Waals surface area contributed by atoms with Crippen molar-refractivity contribution in [2.45, 2.75) is 11.3 Å². The maximum atomic E-state index is 11.7. The third kappa shape index (κ3) is 3.56. The zero-order chi connectivity index (χ0) is 12.8. The van der Waals surface area contributed by atoms with Crippen LogP contribution in [0.25, 0.3) is 0 Å². The van der Waals surface area contributed by atoms with Gasteiger partial charge in [0.25, 0.3) is 0 Å². The van der Waals surface area contributed by atoms with Gasteiger partial charge in [0.2, 0.25) is 11.9 Å². The summed E-state index contributed by atoms with van der Waals surface area (Å²) in [6.45, 7) is 0. The van der Waals surface area contributed by atoms with E-state index in [1.165, 1.54) is 4.90 Å². The lowest BCUT2D eigenvalue weighted by Gasteiger charge is -2.04. The van der Waals surface area contributed by atoms with Crippen LogP contribution in [0.1, 0.15) is 5.56 Å². The highest BCUT2D eigenvalue weighted by atomic mass is 32.2. The Morgan fingerprint density at radius 2 is 1.89 bits per heavy atom. The minimum atomic E-state index is -0.113. The second-order valence-corrected chi connectivity index (χ2v) is 4.53. The van der Waals surface area contributed by atoms with E-state index >= 15 is 0 Å². The van der Waals surface area contributed by atoms with Gasteiger partial charge in [-0.25, -0.2) is 9.97 Å². The van der Waals surface area contributed by atoms with Crippen molar-refractivity contribution >= 4 is 23.6 Å². The van der Waals surface area contributed by atoms with Crippen molar-refractivity contribution in [1.82, 2.24) is 9.97 Å². The molecule has 2 rings (SSSR count). The molecule has 0 aliphatic carbocycles. The molecular weight excluding hydrogens is 246 g/mol. The van der Waals surface area contributed by atoms with E-state index in [1.807, 2.05) is 30.5 Å². The van der Waals surface area contributed by atoms with E-state index in [4.69, 9.17) is 0 Å². The van der Waals surface area contributed by atoms with Crippen molar-refractivity contribution in [3.05, 3.63) is 48.3 Å². The topological polar surface area (TPSA) is 54.9 Å². The zero-order valence-electron chi connectivity index (χ0n) is 9.96. The number of carbonyl (C=O) groups is 1. The van der Waals surface area contributed by atoms with Gasteiger partial charge >= 0.3 is 0 Å². The van der Waals surface area contributed by atoms with Crippen LogP contribution >= 0.6 is 11.8 Å². The molecule has 0 spiro atoms. The van der Waals surface area contributed by atoms with Gasteiger partial charge in [-0.1, -0.05) is 12.1 Å². The van der Waals surface area contributed by atoms with E-state index in [0.29, 0.717) is 12.4 Å². The van der Waals surface area contributed by atoms with Crippen LogP contribution in [-0.2, 0) is 11.2 Å². The average molecular weight is 259 g/mol.